The van der Waals surface area contributed by atoms with Crippen LogP contribution >= 0.6 is 0 Å². The molecular weight excluding hydrogens is 384 g/mol. The Labute approximate surface area is 175 Å². The Balaban J connectivity index is 1.33. The van der Waals surface area contributed by atoms with Gasteiger partial charge < -0.3 is 14.5 Å². The zero-order valence-corrected chi connectivity index (χ0v) is 17.3. The van der Waals surface area contributed by atoms with Gasteiger partial charge in [-0.3, -0.25) is 15.0 Å². The lowest BCUT2D eigenvalue weighted by molar-refractivity contribution is -0.384. The molecule has 0 atom stereocenters. The average Bonchev–Trinajstić information content (AvgIpc) is 3.13. The summed E-state index contributed by atoms with van der Waals surface area (Å²) in [6.07, 6.45) is 1.95. The first-order chi connectivity index (χ1) is 14.5. The maximum Gasteiger partial charge on any atom is 0.295 e. The highest BCUT2D eigenvalue weighted by Crippen LogP contribution is 2.26. The second-order valence-corrected chi connectivity index (χ2v) is 7.66. The Morgan fingerprint density at radius 3 is 2.80 bits per heavy atom. The van der Waals surface area contributed by atoms with E-state index in [0.717, 1.165) is 43.8 Å². The van der Waals surface area contributed by atoms with Crippen LogP contribution in [0.4, 0.5) is 11.7 Å². The van der Waals surface area contributed by atoms with Crippen molar-refractivity contribution in [2.75, 3.05) is 25.0 Å². The largest absolute Gasteiger partial charge is 0.494 e. The van der Waals surface area contributed by atoms with Crippen molar-refractivity contribution in [1.82, 2.24) is 9.88 Å². The molecule has 0 bridgehead atoms. The van der Waals surface area contributed by atoms with Gasteiger partial charge in [0.2, 0.25) is 0 Å². The zero-order valence-electron chi connectivity index (χ0n) is 17.3. The number of oxazole rings is 1. The highest BCUT2D eigenvalue weighted by Gasteiger charge is 2.21. The Bertz CT molecular complexity index is 1040. The van der Waals surface area contributed by atoms with E-state index in [1.54, 1.807) is 6.07 Å². The van der Waals surface area contributed by atoms with Crippen LogP contribution in [-0.2, 0) is 6.54 Å². The molecule has 1 N–H and O–H groups in total. The highest BCUT2D eigenvalue weighted by molar-refractivity contribution is 5.77. The number of likely N-dealkylation sites (tertiary alicyclic amines) is 1. The fourth-order valence-corrected chi connectivity index (χ4v) is 3.81. The van der Waals surface area contributed by atoms with Gasteiger partial charge in [-0.15, -0.1) is 0 Å². The molecule has 1 fully saturated rings. The summed E-state index contributed by atoms with van der Waals surface area (Å²) >= 11 is 0. The number of benzene rings is 2. The van der Waals surface area contributed by atoms with Gasteiger partial charge in [-0.05, 0) is 49.9 Å². The number of nitro benzene ring substituents is 1. The molecule has 0 saturated carbocycles. The van der Waals surface area contributed by atoms with Gasteiger partial charge in [-0.1, -0.05) is 12.1 Å². The van der Waals surface area contributed by atoms with Gasteiger partial charge in [0, 0.05) is 37.8 Å². The predicted octanol–water partition coefficient (Wildman–Crippen LogP) is 4.52. The number of anilines is 1. The van der Waals surface area contributed by atoms with Crippen molar-refractivity contribution < 1.29 is 14.1 Å². The van der Waals surface area contributed by atoms with Crippen molar-refractivity contribution >= 4 is 22.8 Å². The summed E-state index contributed by atoms with van der Waals surface area (Å²) in [6.45, 7) is 7.59. The summed E-state index contributed by atoms with van der Waals surface area (Å²) in [6, 6.07) is 11.6. The summed E-state index contributed by atoms with van der Waals surface area (Å²) in [5.74, 6) is 0.961. The van der Waals surface area contributed by atoms with Crippen molar-refractivity contribution in [1.29, 1.82) is 0 Å². The first-order valence-electron chi connectivity index (χ1n) is 10.3. The van der Waals surface area contributed by atoms with Crippen molar-refractivity contribution in [2.24, 2.45) is 0 Å². The number of nitrogens with one attached hydrogen (secondary N) is 1. The van der Waals surface area contributed by atoms with Crippen LogP contribution in [0, 0.1) is 17.0 Å². The van der Waals surface area contributed by atoms with Crippen LogP contribution in [-0.4, -0.2) is 40.5 Å². The molecule has 30 heavy (non-hydrogen) atoms. The molecule has 1 aliphatic rings. The molecule has 158 valence electrons. The lowest BCUT2D eigenvalue weighted by Gasteiger charge is -2.32. The number of non-ortho nitro benzene ring substituents is 1. The molecule has 8 heteroatoms. The van der Waals surface area contributed by atoms with E-state index in [1.807, 2.05) is 6.92 Å². The zero-order chi connectivity index (χ0) is 21.1. The smallest absolute Gasteiger partial charge is 0.295 e. The Morgan fingerprint density at radius 1 is 1.27 bits per heavy atom. The molecule has 0 unspecified atom stereocenters. The van der Waals surface area contributed by atoms with E-state index in [4.69, 9.17) is 9.15 Å². The van der Waals surface area contributed by atoms with Gasteiger partial charge in [0.15, 0.2) is 5.58 Å². The highest BCUT2D eigenvalue weighted by atomic mass is 16.6. The van der Waals surface area contributed by atoms with E-state index in [1.165, 1.54) is 17.7 Å². The van der Waals surface area contributed by atoms with Crippen LogP contribution in [0.5, 0.6) is 5.75 Å². The average molecular weight is 410 g/mol. The fourth-order valence-electron chi connectivity index (χ4n) is 3.81. The molecule has 1 saturated heterocycles. The molecule has 0 amide bonds. The number of hydrogen-bond acceptors (Lipinski definition) is 7. The lowest BCUT2D eigenvalue weighted by atomic mass is 10.0. The molecule has 3 aromatic rings. The van der Waals surface area contributed by atoms with E-state index < -0.39 is 4.92 Å². The molecule has 1 aliphatic heterocycles. The van der Waals surface area contributed by atoms with E-state index in [2.05, 4.69) is 40.3 Å². The van der Waals surface area contributed by atoms with E-state index in [-0.39, 0.29) is 11.7 Å². The summed E-state index contributed by atoms with van der Waals surface area (Å²) in [5.41, 5.74) is 3.47. The van der Waals surface area contributed by atoms with E-state index >= 15 is 0 Å². The quantitative estimate of drug-likeness (QED) is 0.452. The van der Waals surface area contributed by atoms with Crippen molar-refractivity contribution in [3.8, 4) is 5.75 Å². The van der Waals surface area contributed by atoms with Gasteiger partial charge in [-0.25, -0.2) is 0 Å². The van der Waals surface area contributed by atoms with Gasteiger partial charge >= 0.3 is 0 Å². The predicted molar refractivity (Wildman–Crippen MR) is 115 cm³/mol. The SMILES string of the molecule is CCOc1cc(CN2CCC(Nc3nc4cc([N+](=O)[O-])ccc4o3)CC2)ccc1C. The van der Waals surface area contributed by atoms with Crippen molar-refractivity contribution in [3.63, 3.8) is 0 Å². The summed E-state index contributed by atoms with van der Waals surface area (Å²) in [5, 5.41) is 14.3. The molecule has 0 spiro atoms. The molecular formula is C22H26N4O4. The Kier molecular flexibility index (Phi) is 5.85. The monoisotopic (exact) mass is 410 g/mol. The number of piperidine rings is 1. The molecule has 8 nitrogen and oxygen atoms in total. The minimum atomic E-state index is -0.428. The lowest BCUT2D eigenvalue weighted by Crippen LogP contribution is -2.38. The maximum absolute atomic E-state index is 10.9. The number of aryl methyl sites for hydroxylation is 1. The molecule has 4 rings (SSSR count). The minimum Gasteiger partial charge on any atom is -0.494 e. The molecule has 1 aromatic heterocycles. The third-order valence-corrected chi connectivity index (χ3v) is 5.46. The molecule has 0 radical (unpaired) electrons. The molecule has 2 heterocycles. The number of hydrogen-bond donors (Lipinski definition) is 1. The number of rotatable bonds is 7. The van der Waals surface area contributed by atoms with Crippen LogP contribution < -0.4 is 10.1 Å². The Morgan fingerprint density at radius 2 is 2.07 bits per heavy atom. The fraction of sp³-hybridized carbons (Fsp3) is 0.409. The third-order valence-electron chi connectivity index (χ3n) is 5.46. The minimum absolute atomic E-state index is 0.0132. The van der Waals surface area contributed by atoms with Gasteiger partial charge in [-0.2, -0.15) is 4.98 Å². The summed E-state index contributed by atoms with van der Waals surface area (Å²) in [4.78, 5) is 17.3. The first-order valence-corrected chi connectivity index (χ1v) is 10.3. The van der Waals surface area contributed by atoms with E-state index in [0.29, 0.717) is 23.7 Å². The third kappa shape index (κ3) is 4.54. The number of aromatic nitrogens is 1. The number of nitrogens with zero attached hydrogens (tertiary/aromatic N) is 3. The van der Waals surface area contributed by atoms with Gasteiger partial charge in [0.25, 0.3) is 11.7 Å². The molecule has 0 aliphatic carbocycles. The van der Waals surface area contributed by atoms with E-state index in [9.17, 15) is 10.1 Å². The number of nitro groups is 1. The second-order valence-electron chi connectivity index (χ2n) is 7.66. The van der Waals surface area contributed by atoms with Crippen molar-refractivity contribution in [2.45, 2.75) is 39.3 Å². The first kappa shape index (κ1) is 20.2. The standard InChI is InChI=1S/C22H26N4O4/c1-3-29-21-12-16(5-4-15(21)2)14-25-10-8-17(9-11-25)23-22-24-19-13-18(26(27)28)6-7-20(19)30-22/h4-7,12-13,17H,3,8-11,14H2,1-2H3,(H,23,24). The number of fused-ring (bicyclic) bond motifs is 1. The van der Waals surface area contributed by atoms with Gasteiger partial charge in [0.1, 0.15) is 11.3 Å². The maximum atomic E-state index is 10.9. The van der Waals surface area contributed by atoms with Crippen LogP contribution in [0.25, 0.3) is 11.1 Å². The summed E-state index contributed by atoms with van der Waals surface area (Å²) in [7, 11) is 0. The molecule has 2 aromatic carbocycles. The van der Waals surface area contributed by atoms with Crippen LogP contribution in [0.3, 0.4) is 0 Å². The van der Waals surface area contributed by atoms with Crippen molar-refractivity contribution in [3.05, 3.63) is 57.6 Å². The number of ether oxygens (including phenoxy) is 1. The second kappa shape index (κ2) is 8.71. The van der Waals surface area contributed by atoms with Crippen LogP contribution in [0.2, 0.25) is 0 Å². The topological polar surface area (TPSA) is 93.7 Å². The van der Waals surface area contributed by atoms with Crippen LogP contribution in [0.15, 0.2) is 40.8 Å². The van der Waals surface area contributed by atoms with Crippen LogP contribution in [0.1, 0.15) is 30.9 Å². The Hall–Kier alpha value is -3.13. The van der Waals surface area contributed by atoms with Gasteiger partial charge in [0.05, 0.1) is 11.5 Å². The normalized spacial score (nSPS) is 15.4. The summed E-state index contributed by atoms with van der Waals surface area (Å²) < 4.78 is 11.4.